The molecule has 1 N–H and O–H groups in total. The Labute approximate surface area is 187 Å². The van der Waals surface area contributed by atoms with E-state index in [9.17, 15) is 22.8 Å². The standard InChI is InChI=1S/C21H22ClF3N4O3/c1-13-9-29(26-17(13)18(30)31)19(32)28-6-4-20(5-7-28)11-27(12-20)10-14-8-15(22)2-3-16(14)21(23,24)25/h2-3,8-9H,4-7,10-12H2,1H3,(H,30,31). The van der Waals surface area contributed by atoms with E-state index < -0.39 is 17.7 Å². The van der Waals surface area contributed by atoms with Crippen LogP contribution < -0.4 is 0 Å². The highest BCUT2D eigenvalue weighted by Gasteiger charge is 2.46. The van der Waals surface area contributed by atoms with E-state index >= 15 is 0 Å². The predicted octanol–water partition coefficient (Wildman–Crippen LogP) is 4.13. The van der Waals surface area contributed by atoms with Crippen molar-refractivity contribution in [3.05, 3.63) is 51.8 Å². The van der Waals surface area contributed by atoms with Crippen LogP contribution in [0.5, 0.6) is 0 Å². The van der Waals surface area contributed by atoms with Crippen LogP contribution in [0.4, 0.5) is 18.0 Å². The number of carbonyl (C=O) groups excluding carboxylic acids is 1. The maximum absolute atomic E-state index is 13.3. The summed E-state index contributed by atoms with van der Waals surface area (Å²) < 4.78 is 40.9. The average Bonchev–Trinajstić information content (AvgIpc) is 3.08. The minimum absolute atomic E-state index is 0.0278. The number of amides is 1. The monoisotopic (exact) mass is 470 g/mol. The minimum Gasteiger partial charge on any atom is -0.476 e. The lowest BCUT2D eigenvalue weighted by atomic mass is 9.72. The zero-order valence-corrected chi connectivity index (χ0v) is 18.1. The van der Waals surface area contributed by atoms with E-state index in [4.69, 9.17) is 16.7 Å². The Morgan fingerprint density at radius 2 is 1.88 bits per heavy atom. The molecule has 11 heteroatoms. The third-order valence-electron chi connectivity index (χ3n) is 6.28. The molecule has 0 aliphatic carbocycles. The number of piperidine rings is 1. The highest BCUT2D eigenvalue weighted by atomic mass is 35.5. The number of halogens is 4. The molecule has 0 radical (unpaired) electrons. The molecule has 2 saturated heterocycles. The summed E-state index contributed by atoms with van der Waals surface area (Å²) in [7, 11) is 0. The number of likely N-dealkylation sites (tertiary alicyclic amines) is 2. The fourth-order valence-electron chi connectivity index (χ4n) is 4.63. The molecule has 1 spiro atoms. The van der Waals surface area contributed by atoms with Crippen molar-refractivity contribution in [2.24, 2.45) is 5.41 Å². The number of hydrogen-bond donors (Lipinski definition) is 1. The van der Waals surface area contributed by atoms with Gasteiger partial charge in [-0.15, -0.1) is 0 Å². The molecule has 4 rings (SSSR count). The van der Waals surface area contributed by atoms with Crippen LogP contribution in [0.15, 0.2) is 24.4 Å². The quantitative estimate of drug-likeness (QED) is 0.729. The zero-order chi connectivity index (χ0) is 23.3. The van der Waals surface area contributed by atoms with Gasteiger partial charge in [-0.25, -0.2) is 9.59 Å². The lowest BCUT2D eigenvalue weighted by molar-refractivity contribution is -0.139. The van der Waals surface area contributed by atoms with Gasteiger partial charge in [-0.05, 0) is 48.9 Å². The number of nitrogens with zero attached hydrogens (tertiary/aromatic N) is 4. The summed E-state index contributed by atoms with van der Waals surface area (Å²) in [5, 5.41) is 13.2. The molecule has 2 aliphatic rings. The number of hydrogen-bond acceptors (Lipinski definition) is 4. The number of aromatic carboxylic acids is 1. The van der Waals surface area contributed by atoms with Crippen molar-refractivity contribution in [1.29, 1.82) is 0 Å². The maximum Gasteiger partial charge on any atom is 0.416 e. The van der Waals surface area contributed by atoms with Crippen molar-refractivity contribution in [1.82, 2.24) is 19.6 Å². The number of alkyl halides is 3. The maximum atomic E-state index is 13.3. The number of aromatic nitrogens is 2. The van der Waals surface area contributed by atoms with Gasteiger partial charge >= 0.3 is 18.2 Å². The van der Waals surface area contributed by atoms with Crippen molar-refractivity contribution >= 4 is 23.6 Å². The summed E-state index contributed by atoms with van der Waals surface area (Å²) in [5.74, 6) is -1.19. The van der Waals surface area contributed by atoms with Gasteiger partial charge in [-0.1, -0.05) is 11.6 Å². The molecule has 2 aromatic rings. The molecular formula is C21H22ClF3N4O3. The average molecular weight is 471 g/mol. The Bertz CT molecular complexity index is 1050. The Balaban J connectivity index is 1.35. The van der Waals surface area contributed by atoms with E-state index in [1.165, 1.54) is 18.3 Å². The number of benzene rings is 1. The third-order valence-corrected chi connectivity index (χ3v) is 6.51. The van der Waals surface area contributed by atoms with Crippen LogP contribution in [0.1, 0.15) is 40.0 Å². The fraction of sp³-hybridized carbons (Fsp3) is 0.476. The molecule has 2 fully saturated rings. The van der Waals surface area contributed by atoms with Crippen LogP contribution in [-0.4, -0.2) is 62.9 Å². The van der Waals surface area contributed by atoms with Crippen LogP contribution in [0.3, 0.4) is 0 Å². The van der Waals surface area contributed by atoms with E-state index in [2.05, 4.69) is 5.10 Å². The van der Waals surface area contributed by atoms with Crippen molar-refractivity contribution < 1.29 is 27.9 Å². The first-order valence-corrected chi connectivity index (χ1v) is 10.5. The number of rotatable bonds is 3. The second kappa shape index (κ2) is 8.08. The first-order chi connectivity index (χ1) is 15.0. The normalized spacial score (nSPS) is 18.6. The van der Waals surface area contributed by atoms with Gasteiger partial charge in [0.15, 0.2) is 5.69 Å². The highest BCUT2D eigenvalue weighted by molar-refractivity contribution is 6.30. The summed E-state index contributed by atoms with van der Waals surface area (Å²) >= 11 is 5.92. The van der Waals surface area contributed by atoms with Crippen LogP contribution in [0, 0.1) is 12.3 Å². The topological polar surface area (TPSA) is 78.7 Å². The summed E-state index contributed by atoms with van der Waals surface area (Å²) in [6.45, 7) is 4.03. The van der Waals surface area contributed by atoms with Gasteiger partial charge in [-0.3, -0.25) is 4.90 Å². The smallest absolute Gasteiger partial charge is 0.416 e. The van der Waals surface area contributed by atoms with Gasteiger partial charge in [0.1, 0.15) is 0 Å². The van der Waals surface area contributed by atoms with Crippen LogP contribution in [0.25, 0.3) is 0 Å². The molecule has 1 aromatic heterocycles. The van der Waals surface area contributed by atoms with E-state index in [0.29, 0.717) is 31.7 Å². The molecule has 7 nitrogen and oxygen atoms in total. The highest BCUT2D eigenvalue weighted by Crippen LogP contribution is 2.42. The Morgan fingerprint density at radius 3 is 2.44 bits per heavy atom. The zero-order valence-electron chi connectivity index (χ0n) is 17.3. The largest absolute Gasteiger partial charge is 0.476 e. The molecule has 2 aliphatic heterocycles. The summed E-state index contributed by atoms with van der Waals surface area (Å²) in [5.41, 5.74) is -0.275. The minimum atomic E-state index is -4.43. The van der Waals surface area contributed by atoms with E-state index in [-0.39, 0.29) is 34.3 Å². The van der Waals surface area contributed by atoms with Crippen molar-refractivity contribution in [3.63, 3.8) is 0 Å². The fourth-order valence-corrected chi connectivity index (χ4v) is 4.82. The summed E-state index contributed by atoms with van der Waals surface area (Å²) in [4.78, 5) is 27.4. The molecule has 3 heterocycles. The SMILES string of the molecule is Cc1cn(C(=O)N2CCC3(CC2)CN(Cc2cc(Cl)ccc2C(F)(F)F)C3)nc1C(=O)O. The van der Waals surface area contributed by atoms with Crippen molar-refractivity contribution in [2.45, 2.75) is 32.5 Å². The lowest BCUT2D eigenvalue weighted by Gasteiger charge is -2.54. The predicted molar refractivity (Wildman–Crippen MR) is 110 cm³/mol. The molecule has 1 aromatic carbocycles. The Kier molecular flexibility index (Phi) is 5.70. The van der Waals surface area contributed by atoms with Crippen LogP contribution in [-0.2, 0) is 12.7 Å². The van der Waals surface area contributed by atoms with Crippen molar-refractivity contribution in [2.75, 3.05) is 26.2 Å². The van der Waals surface area contributed by atoms with Gasteiger partial charge in [0.05, 0.1) is 5.56 Å². The molecule has 0 atom stereocenters. The summed E-state index contributed by atoms with van der Waals surface area (Å²) in [6.07, 6.45) is -1.57. The van der Waals surface area contributed by atoms with E-state index in [1.807, 2.05) is 4.90 Å². The van der Waals surface area contributed by atoms with E-state index in [1.54, 1.807) is 11.8 Å². The summed E-state index contributed by atoms with van der Waals surface area (Å²) in [6, 6.07) is 3.26. The van der Waals surface area contributed by atoms with Crippen LogP contribution in [0.2, 0.25) is 5.02 Å². The molecule has 0 bridgehead atoms. The number of carbonyl (C=O) groups is 2. The second-order valence-corrected chi connectivity index (χ2v) is 9.06. The number of carboxylic acid groups (broad SMARTS) is 1. The van der Waals surface area contributed by atoms with Gasteiger partial charge in [0, 0.05) is 49.5 Å². The van der Waals surface area contributed by atoms with Gasteiger partial charge in [0.2, 0.25) is 0 Å². The number of carboxylic acids is 1. The van der Waals surface area contributed by atoms with Gasteiger partial charge < -0.3 is 10.0 Å². The lowest BCUT2D eigenvalue weighted by Crippen LogP contribution is -2.60. The molecule has 172 valence electrons. The molecule has 0 saturated carbocycles. The third kappa shape index (κ3) is 4.33. The first kappa shape index (κ1) is 22.6. The Hall–Kier alpha value is -2.59. The van der Waals surface area contributed by atoms with Crippen molar-refractivity contribution in [3.8, 4) is 0 Å². The van der Waals surface area contributed by atoms with Crippen LogP contribution >= 0.6 is 11.6 Å². The second-order valence-electron chi connectivity index (χ2n) is 8.62. The molecule has 1 amide bonds. The molecule has 0 unspecified atom stereocenters. The first-order valence-electron chi connectivity index (χ1n) is 10.1. The van der Waals surface area contributed by atoms with Gasteiger partial charge in [0.25, 0.3) is 0 Å². The molecular weight excluding hydrogens is 449 g/mol. The number of aryl methyl sites for hydroxylation is 1. The van der Waals surface area contributed by atoms with Gasteiger partial charge in [-0.2, -0.15) is 23.0 Å². The molecule has 32 heavy (non-hydrogen) atoms. The Morgan fingerprint density at radius 1 is 1.22 bits per heavy atom. The van der Waals surface area contributed by atoms with E-state index in [0.717, 1.165) is 23.6 Å².